The number of hydrogen-bond donors (Lipinski definition) is 1. The number of nitrogens with zero attached hydrogens (tertiary/aromatic N) is 3. The molecule has 7 nitrogen and oxygen atoms in total. The Labute approximate surface area is 208 Å². The van der Waals surface area contributed by atoms with Gasteiger partial charge in [0.25, 0.3) is 5.91 Å². The molecule has 2 heterocycles. The lowest BCUT2D eigenvalue weighted by Gasteiger charge is -2.37. The molecule has 3 amide bonds. The standard InChI is InChI=1S/C28H36N4O3/c1-20(33)29-25(17-21-9-6-5-7-10-21)27(35)31-15-13-30(14-16-31)26(34)23-12-8-11-22-18-32(19-24(22)23)28(2,3)4/h5-12,25H,13-19H2,1-4H3,(H,29,33). The quantitative estimate of drug-likeness (QED) is 0.720. The van der Waals surface area contributed by atoms with Gasteiger partial charge in [-0.3, -0.25) is 19.3 Å². The second kappa shape index (κ2) is 10.2. The van der Waals surface area contributed by atoms with E-state index in [4.69, 9.17) is 0 Å². The van der Waals surface area contributed by atoms with Crippen LogP contribution in [0, 0.1) is 0 Å². The molecule has 1 unspecified atom stereocenters. The Hall–Kier alpha value is -3.19. The monoisotopic (exact) mass is 476 g/mol. The fourth-order valence-corrected chi connectivity index (χ4v) is 4.91. The predicted octanol–water partition coefficient (Wildman–Crippen LogP) is 2.83. The van der Waals surface area contributed by atoms with E-state index in [1.165, 1.54) is 12.5 Å². The molecule has 1 fully saturated rings. The van der Waals surface area contributed by atoms with Crippen molar-refractivity contribution in [2.45, 2.75) is 58.8 Å². The number of benzene rings is 2. The Bertz CT molecular complexity index is 1090. The molecule has 0 aromatic heterocycles. The lowest BCUT2D eigenvalue weighted by Crippen LogP contribution is -2.56. The fourth-order valence-electron chi connectivity index (χ4n) is 4.91. The molecule has 0 spiro atoms. The van der Waals surface area contributed by atoms with Crippen LogP contribution >= 0.6 is 0 Å². The number of nitrogens with one attached hydrogen (secondary N) is 1. The zero-order valence-electron chi connectivity index (χ0n) is 21.2. The molecule has 0 radical (unpaired) electrons. The third-order valence-electron chi connectivity index (χ3n) is 7.00. The summed E-state index contributed by atoms with van der Waals surface area (Å²) in [6.07, 6.45) is 0.443. The summed E-state index contributed by atoms with van der Waals surface area (Å²) in [6, 6.07) is 15.1. The SMILES string of the molecule is CC(=O)NC(Cc1ccccc1)C(=O)N1CCN(C(=O)c2cccc3c2CN(C(C)(C)C)C3)CC1. The highest BCUT2D eigenvalue weighted by Gasteiger charge is 2.34. The Morgan fingerprint density at radius 1 is 0.886 bits per heavy atom. The van der Waals surface area contributed by atoms with Crippen molar-refractivity contribution in [3.8, 4) is 0 Å². The molecular formula is C28H36N4O3. The average Bonchev–Trinajstić information content (AvgIpc) is 3.29. The van der Waals surface area contributed by atoms with Gasteiger partial charge in [-0.15, -0.1) is 0 Å². The smallest absolute Gasteiger partial charge is 0.254 e. The van der Waals surface area contributed by atoms with Gasteiger partial charge in [0.2, 0.25) is 11.8 Å². The van der Waals surface area contributed by atoms with Crippen molar-refractivity contribution in [2.75, 3.05) is 26.2 Å². The number of amides is 3. The molecule has 7 heteroatoms. The molecule has 35 heavy (non-hydrogen) atoms. The van der Waals surface area contributed by atoms with Crippen LogP contribution in [-0.4, -0.2) is 70.2 Å². The number of piperazine rings is 1. The van der Waals surface area contributed by atoms with Gasteiger partial charge in [-0.2, -0.15) is 0 Å². The third kappa shape index (κ3) is 5.73. The second-order valence-corrected chi connectivity index (χ2v) is 10.5. The topological polar surface area (TPSA) is 73.0 Å². The van der Waals surface area contributed by atoms with E-state index < -0.39 is 6.04 Å². The van der Waals surface area contributed by atoms with E-state index in [-0.39, 0.29) is 23.3 Å². The summed E-state index contributed by atoms with van der Waals surface area (Å²) in [6.45, 7) is 11.5. The fraction of sp³-hybridized carbons (Fsp3) is 0.464. The van der Waals surface area contributed by atoms with Crippen LogP contribution in [-0.2, 0) is 29.1 Å². The normalized spacial score (nSPS) is 17.1. The highest BCUT2D eigenvalue weighted by atomic mass is 16.2. The highest BCUT2D eigenvalue weighted by Crippen LogP contribution is 2.32. The first-order valence-corrected chi connectivity index (χ1v) is 12.4. The predicted molar refractivity (Wildman–Crippen MR) is 136 cm³/mol. The van der Waals surface area contributed by atoms with Crippen molar-refractivity contribution in [1.82, 2.24) is 20.0 Å². The van der Waals surface area contributed by atoms with E-state index in [9.17, 15) is 14.4 Å². The van der Waals surface area contributed by atoms with Gasteiger partial charge >= 0.3 is 0 Å². The molecule has 1 atom stereocenters. The summed E-state index contributed by atoms with van der Waals surface area (Å²) in [5, 5.41) is 2.81. The lowest BCUT2D eigenvalue weighted by atomic mass is 10.0. The van der Waals surface area contributed by atoms with E-state index in [1.807, 2.05) is 47.4 Å². The molecule has 1 saturated heterocycles. The molecule has 4 rings (SSSR count). The molecule has 1 N–H and O–H groups in total. The van der Waals surface area contributed by atoms with Crippen molar-refractivity contribution < 1.29 is 14.4 Å². The first kappa shape index (κ1) is 24.9. The summed E-state index contributed by atoms with van der Waals surface area (Å²) in [5.41, 5.74) is 4.15. The van der Waals surface area contributed by atoms with Crippen LogP contribution in [0.1, 0.15) is 54.7 Å². The first-order chi connectivity index (χ1) is 16.6. The van der Waals surface area contributed by atoms with E-state index in [1.54, 1.807) is 4.90 Å². The molecule has 0 bridgehead atoms. The van der Waals surface area contributed by atoms with Crippen LogP contribution in [0.4, 0.5) is 0 Å². The van der Waals surface area contributed by atoms with Crippen LogP contribution < -0.4 is 5.32 Å². The Balaban J connectivity index is 1.41. The molecule has 2 aromatic rings. The third-order valence-corrected chi connectivity index (χ3v) is 7.00. The zero-order chi connectivity index (χ0) is 25.2. The van der Waals surface area contributed by atoms with Gasteiger partial charge in [-0.1, -0.05) is 42.5 Å². The number of fused-ring (bicyclic) bond motifs is 1. The Morgan fingerprint density at radius 3 is 2.17 bits per heavy atom. The van der Waals surface area contributed by atoms with Crippen molar-refractivity contribution >= 4 is 17.7 Å². The molecule has 0 aliphatic carbocycles. The summed E-state index contributed by atoms with van der Waals surface area (Å²) in [5.74, 6) is -0.291. The Morgan fingerprint density at radius 2 is 1.54 bits per heavy atom. The van der Waals surface area contributed by atoms with Crippen molar-refractivity contribution in [3.05, 3.63) is 70.8 Å². The van der Waals surface area contributed by atoms with Crippen LogP contribution in [0.2, 0.25) is 0 Å². The van der Waals surface area contributed by atoms with E-state index in [0.717, 1.165) is 29.8 Å². The zero-order valence-corrected chi connectivity index (χ0v) is 21.2. The van der Waals surface area contributed by atoms with Gasteiger partial charge in [0.15, 0.2) is 0 Å². The molecule has 186 valence electrons. The molecule has 2 aliphatic rings. The van der Waals surface area contributed by atoms with Crippen molar-refractivity contribution in [2.24, 2.45) is 0 Å². The van der Waals surface area contributed by atoms with E-state index in [2.05, 4.69) is 37.1 Å². The van der Waals surface area contributed by atoms with Gasteiger partial charge in [0.1, 0.15) is 6.04 Å². The van der Waals surface area contributed by atoms with Gasteiger partial charge < -0.3 is 15.1 Å². The maximum Gasteiger partial charge on any atom is 0.254 e. The maximum atomic E-state index is 13.5. The summed E-state index contributed by atoms with van der Waals surface area (Å²) in [7, 11) is 0. The number of carbonyl (C=O) groups is 3. The van der Waals surface area contributed by atoms with Gasteiger partial charge in [-0.25, -0.2) is 0 Å². The summed E-state index contributed by atoms with van der Waals surface area (Å²) in [4.78, 5) is 44.5. The van der Waals surface area contributed by atoms with Crippen LogP contribution in [0.25, 0.3) is 0 Å². The first-order valence-electron chi connectivity index (χ1n) is 12.4. The molecule has 2 aromatic carbocycles. The summed E-state index contributed by atoms with van der Waals surface area (Å²) < 4.78 is 0. The van der Waals surface area contributed by atoms with Gasteiger partial charge in [0, 0.05) is 63.7 Å². The van der Waals surface area contributed by atoms with E-state index >= 15 is 0 Å². The van der Waals surface area contributed by atoms with Gasteiger partial charge in [-0.05, 0) is 43.5 Å². The minimum Gasteiger partial charge on any atom is -0.344 e. The molecular weight excluding hydrogens is 440 g/mol. The Kier molecular flexibility index (Phi) is 7.26. The van der Waals surface area contributed by atoms with Gasteiger partial charge in [0.05, 0.1) is 0 Å². The number of hydrogen-bond acceptors (Lipinski definition) is 4. The average molecular weight is 477 g/mol. The highest BCUT2D eigenvalue weighted by molar-refractivity contribution is 5.96. The van der Waals surface area contributed by atoms with E-state index in [0.29, 0.717) is 32.6 Å². The number of rotatable bonds is 5. The minimum atomic E-state index is -0.613. The largest absolute Gasteiger partial charge is 0.344 e. The molecule has 0 saturated carbocycles. The maximum absolute atomic E-state index is 13.5. The van der Waals surface area contributed by atoms with Crippen LogP contribution in [0.15, 0.2) is 48.5 Å². The molecule has 2 aliphatic heterocycles. The lowest BCUT2D eigenvalue weighted by molar-refractivity contribution is -0.137. The van der Waals surface area contributed by atoms with Crippen LogP contribution in [0.5, 0.6) is 0 Å². The summed E-state index contributed by atoms with van der Waals surface area (Å²) >= 11 is 0. The van der Waals surface area contributed by atoms with Crippen molar-refractivity contribution in [3.63, 3.8) is 0 Å². The van der Waals surface area contributed by atoms with Crippen LogP contribution in [0.3, 0.4) is 0 Å². The number of carbonyl (C=O) groups excluding carboxylic acids is 3. The second-order valence-electron chi connectivity index (χ2n) is 10.5. The minimum absolute atomic E-state index is 0.0346. The van der Waals surface area contributed by atoms with Crippen molar-refractivity contribution in [1.29, 1.82) is 0 Å².